The molecule has 1 radical (unpaired) electrons. The first kappa shape index (κ1) is 6.86. The van der Waals surface area contributed by atoms with Crippen molar-refractivity contribution in [3.63, 3.8) is 0 Å². The van der Waals surface area contributed by atoms with Crippen molar-refractivity contribution in [2.45, 2.75) is 12.1 Å². The van der Waals surface area contributed by atoms with Gasteiger partial charge >= 0.3 is 0 Å². The van der Waals surface area contributed by atoms with Crippen molar-refractivity contribution in [3.05, 3.63) is 42.5 Å². The van der Waals surface area contributed by atoms with Crippen LogP contribution in [0.2, 0.25) is 12.1 Å². The van der Waals surface area contributed by atoms with E-state index in [1.807, 2.05) is 0 Å². The molecular weight excluding hydrogens is 148 g/mol. The van der Waals surface area contributed by atoms with E-state index in [0.29, 0.717) is 0 Å². The molecule has 0 saturated heterocycles. The summed E-state index contributed by atoms with van der Waals surface area (Å²) in [5.74, 6) is 0. The molecule has 0 saturated carbocycles. The van der Waals surface area contributed by atoms with Crippen LogP contribution < -0.4 is 5.19 Å². The summed E-state index contributed by atoms with van der Waals surface area (Å²) in [5.41, 5.74) is 0. The Bertz CT molecular complexity index is 243. The zero-order valence-electron chi connectivity index (χ0n) is 6.46. The third kappa shape index (κ3) is 1.43. The lowest BCUT2D eigenvalue weighted by Crippen LogP contribution is -2.25. The van der Waals surface area contributed by atoms with Gasteiger partial charge < -0.3 is 0 Å². The smallest absolute Gasteiger partial charge is 0.0913 e. The molecule has 0 nitrogen and oxygen atoms in total. The van der Waals surface area contributed by atoms with Gasteiger partial charge in [0.25, 0.3) is 0 Å². The molecule has 2 rings (SSSR count). The Kier molecular flexibility index (Phi) is 1.90. The average Bonchev–Trinajstić information content (AvgIpc) is 2.58. The van der Waals surface area contributed by atoms with Gasteiger partial charge in [0.2, 0.25) is 0 Å². The SMILES string of the molecule is C1=CC[Si](c2ccccc2)C1. The first-order valence-corrected chi connectivity index (χ1v) is 5.93. The molecule has 1 aromatic rings. The Balaban J connectivity index is 2.17. The highest BCUT2D eigenvalue weighted by Crippen LogP contribution is 2.10. The van der Waals surface area contributed by atoms with Crippen LogP contribution in [-0.2, 0) is 0 Å². The molecule has 1 heteroatoms. The van der Waals surface area contributed by atoms with Crippen molar-refractivity contribution in [2.24, 2.45) is 0 Å². The quantitative estimate of drug-likeness (QED) is 0.434. The van der Waals surface area contributed by atoms with Crippen molar-refractivity contribution < 1.29 is 0 Å². The van der Waals surface area contributed by atoms with Gasteiger partial charge in [-0.05, 0) is 12.1 Å². The predicted octanol–water partition coefficient (Wildman–Crippen LogP) is 1.96. The van der Waals surface area contributed by atoms with Gasteiger partial charge in [-0.25, -0.2) is 0 Å². The first-order chi connectivity index (χ1) is 5.47. The minimum atomic E-state index is -0.201. The number of benzene rings is 1. The summed E-state index contributed by atoms with van der Waals surface area (Å²) >= 11 is 0. The van der Waals surface area contributed by atoms with Gasteiger partial charge in [0.15, 0.2) is 0 Å². The van der Waals surface area contributed by atoms with Crippen LogP contribution in [0.25, 0.3) is 0 Å². The average molecular weight is 159 g/mol. The molecule has 0 N–H and O–H groups in total. The van der Waals surface area contributed by atoms with Crippen LogP contribution in [0.15, 0.2) is 42.5 Å². The highest BCUT2D eigenvalue weighted by Gasteiger charge is 2.13. The van der Waals surface area contributed by atoms with Crippen molar-refractivity contribution in [2.75, 3.05) is 0 Å². The molecule has 0 bridgehead atoms. The lowest BCUT2D eigenvalue weighted by atomic mass is 10.4. The molecule has 0 unspecified atom stereocenters. The maximum atomic E-state index is 2.32. The largest absolute Gasteiger partial charge is 0.0934 e. The van der Waals surface area contributed by atoms with Gasteiger partial charge in [0.1, 0.15) is 0 Å². The maximum absolute atomic E-state index is 2.32. The van der Waals surface area contributed by atoms with E-state index < -0.39 is 0 Å². The van der Waals surface area contributed by atoms with Gasteiger partial charge in [-0.1, -0.05) is 47.7 Å². The highest BCUT2D eigenvalue weighted by atomic mass is 28.3. The van der Waals surface area contributed by atoms with Crippen molar-refractivity contribution in [1.82, 2.24) is 0 Å². The van der Waals surface area contributed by atoms with Crippen LogP contribution in [0.1, 0.15) is 0 Å². The molecule has 0 fully saturated rings. The summed E-state index contributed by atoms with van der Waals surface area (Å²) in [7, 11) is -0.201. The van der Waals surface area contributed by atoms with E-state index in [2.05, 4.69) is 42.5 Å². The number of allylic oxidation sites excluding steroid dienone is 2. The number of hydrogen-bond acceptors (Lipinski definition) is 0. The Morgan fingerprint density at radius 2 is 1.55 bits per heavy atom. The molecule has 0 spiro atoms. The normalized spacial score (nSPS) is 17.5. The van der Waals surface area contributed by atoms with Gasteiger partial charge in [-0.2, -0.15) is 0 Å². The van der Waals surface area contributed by atoms with Crippen LogP contribution in [0.3, 0.4) is 0 Å². The summed E-state index contributed by atoms with van der Waals surface area (Å²) < 4.78 is 0. The second-order valence-electron chi connectivity index (χ2n) is 2.85. The van der Waals surface area contributed by atoms with Crippen LogP contribution in [0.5, 0.6) is 0 Å². The zero-order chi connectivity index (χ0) is 7.52. The van der Waals surface area contributed by atoms with Crippen LogP contribution in [0, 0.1) is 0 Å². The van der Waals surface area contributed by atoms with E-state index in [9.17, 15) is 0 Å². The summed E-state index contributed by atoms with van der Waals surface area (Å²) in [5, 5.41) is 1.59. The molecule has 55 valence electrons. The van der Waals surface area contributed by atoms with Crippen LogP contribution in [-0.4, -0.2) is 8.80 Å². The van der Waals surface area contributed by atoms with Gasteiger partial charge in [0.05, 0.1) is 8.80 Å². The first-order valence-electron chi connectivity index (χ1n) is 4.02. The molecule has 1 aliphatic heterocycles. The Labute approximate surface area is 69.2 Å². The molecule has 1 aliphatic rings. The topological polar surface area (TPSA) is 0 Å². The number of rotatable bonds is 1. The molecule has 0 aromatic heterocycles. The fourth-order valence-corrected chi connectivity index (χ4v) is 3.65. The molecule has 0 atom stereocenters. The fourth-order valence-electron chi connectivity index (χ4n) is 1.44. The minimum absolute atomic E-state index is 0.201. The van der Waals surface area contributed by atoms with E-state index in [1.54, 1.807) is 5.19 Å². The Morgan fingerprint density at radius 1 is 0.909 bits per heavy atom. The highest BCUT2D eigenvalue weighted by molar-refractivity contribution is 6.74. The summed E-state index contributed by atoms with van der Waals surface area (Å²) in [6.45, 7) is 0. The van der Waals surface area contributed by atoms with Crippen molar-refractivity contribution >= 4 is 14.0 Å². The van der Waals surface area contributed by atoms with Crippen molar-refractivity contribution in [1.29, 1.82) is 0 Å². The van der Waals surface area contributed by atoms with Gasteiger partial charge in [-0.3, -0.25) is 0 Å². The predicted molar refractivity (Wildman–Crippen MR) is 50.6 cm³/mol. The third-order valence-corrected chi connectivity index (χ3v) is 4.68. The molecular formula is C10H11Si. The lowest BCUT2D eigenvalue weighted by molar-refractivity contribution is 1.66. The van der Waals surface area contributed by atoms with E-state index in [-0.39, 0.29) is 8.80 Å². The fraction of sp³-hybridized carbons (Fsp3) is 0.200. The molecule has 0 aliphatic carbocycles. The maximum Gasteiger partial charge on any atom is 0.0934 e. The van der Waals surface area contributed by atoms with E-state index in [1.165, 1.54) is 12.1 Å². The standard InChI is InChI=1S/C10H11Si/c1-2-6-10(7-3-1)11-8-4-5-9-11/h1-7H,8-9H2. The lowest BCUT2D eigenvalue weighted by Gasteiger charge is -2.05. The third-order valence-electron chi connectivity index (χ3n) is 2.08. The molecule has 1 heterocycles. The second-order valence-corrected chi connectivity index (χ2v) is 5.45. The van der Waals surface area contributed by atoms with Gasteiger partial charge in [0, 0.05) is 0 Å². The second kappa shape index (κ2) is 3.05. The van der Waals surface area contributed by atoms with Crippen LogP contribution in [0.4, 0.5) is 0 Å². The Hall–Kier alpha value is -0.823. The zero-order valence-corrected chi connectivity index (χ0v) is 7.46. The molecule has 11 heavy (non-hydrogen) atoms. The van der Waals surface area contributed by atoms with E-state index >= 15 is 0 Å². The van der Waals surface area contributed by atoms with Crippen molar-refractivity contribution in [3.8, 4) is 0 Å². The van der Waals surface area contributed by atoms with E-state index in [0.717, 1.165) is 0 Å². The summed E-state index contributed by atoms with van der Waals surface area (Å²) in [6, 6.07) is 13.6. The monoisotopic (exact) mass is 159 g/mol. The molecule has 1 aromatic carbocycles. The van der Waals surface area contributed by atoms with E-state index in [4.69, 9.17) is 0 Å². The van der Waals surface area contributed by atoms with Crippen LogP contribution >= 0.6 is 0 Å². The molecule has 0 amide bonds. The summed E-state index contributed by atoms with van der Waals surface area (Å²) in [4.78, 5) is 0. The number of hydrogen-bond donors (Lipinski definition) is 0. The van der Waals surface area contributed by atoms with Gasteiger partial charge in [-0.15, -0.1) is 0 Å². The minimum Gasteiger partial charge on any atom is -0.0913 e. The Morgan fingerprint density at radius 3 is 2.18 bits per heavy atom. The summed E-state index contributed by atoms with van der Waals surface area (Å²) in [6.07, 6.45) is 4.64.